The topological polar surface area (TPSA) is 35.0 Å². The summed E-state index contributed by atoms with van der Waals surface area (Å²) < 4.78 is 5.54. The van der Waals surface area contributed by atoms with E-state index in [-0.39, 0.29) is 0 Å². The zero-order valence-corrected chi connectivity index (χ0v) is 9.61. The van der Waals surface area contributed by atoms with Gasteiger partial charge in [-0.05, 0) is 30.7 Å². The average Bonchev–Trinajstić information content (AvgIpc) is 2.28. The fraction of sp³-hybridized carbons (Fsp3) is 0.167. The average molecular weight is 235 g/mol. The van der Waals surface area contributed by atoms with Crippen LogP contribution in [-0.2, 0) is 6.61 Å². The van der Waals surface area contributed by atoms with Crippen LogP contribution in [0.5, 0.6) is 5.75 Å². The molecule has 0 unspecified atom stereocenters. The highest BCUT2D eigenvalue weighted by molar-refractivity contribution is 6.29. The van der Waals surface area contributed by atoms with Gasteiger partial charge in [-0.15, -0.1) is 0 Å². The molecule has 3 nitrogen and oxygen atoms in total. The summed E-state index contributed by atoms with van der Waals surface area (Å²) >= 11 is 5.67. The van der Waals surface area contributed by atoms with Crippen molar-refractivity contribution in [1.29, 1.82) is 0 Å². The fourth-order valence-electron chi connectivity index (χ4n) is 1.31. The minimum absolute atomic E-state index is 0.463. The summed E-state index contributed by atoms with van der Waals surface area (Å²) in [7, 11) is 0. The first-order valence-electron chi connectivity index (χ1n) is 4.89. The maximum absolute atomic E-state index is 5.67. The van der Waals surface area contributed by atoms with E-state index in [2.05, 4.69) is 9.97 Å². The van der Waals surface area contributed by atoms with Crippen LogP contribution in [0.1, 0.15) is 11.1 Å². The van der Waals surface area contributed by atoms with Crippen LogP contribution in [0, 0.1) is 6.92 Å². The monoisotopic (exact) mass is 234 g/mol. The number of nitrogens with zero attached hydrogens (tertiary/aromatic N) is 2. The number of rotatable bonds is 3. The van der Waals surface area contributed by atoms with Gasteiger partial charge in [0.05, 0.1) is 6.20 Å². The first-order chi connectivity index (χ1) is 7.74. The highest BCUT2D eigenvalue weighted by Gasteiger charge is 1.97. The third-order valence-electron chi connectivity index (χ3n) is 2.04. The highest BCUT2D eigenvalue weighted by Crippen LogP contribution is 2.14. The molecule has 16 heavy (non-hydrogen) atoms. The molecule has 0 aliphatic carbocycles. The van der Waals surface area contributed by atoms with Gasteiger partial charge < -0.3 is 4.74 Å². The Morgan fingerprint density at radius 1 is 1.25 bits per heavy atom. The lowest BCUT2D eigenvalue weighted by molar-refractivity contribution is 0.304. The van der Waals surface area contributed by atoms with Crippen LogP contribution in [0.15, 0.2) is 36.8 Å². The fourth-order valence-corrected chi connectivity index (χ4v) is 1.42. The summed E-state index contributed by atoms with van der Waals surface area (Å²) in [5.74, 6) is 0.700. The maximum Gasteiger partial charge on any atom is 0.138 e. The summed E-state index contributed by atoms with van der Waals surface area (Å²) in [6.45, 7) is 2.48. The van der Waals surface area contributed by atoms with E-state index in [0.717, 1.165) is 11.1 Å². The first-order valence-corrected chi connectivity index (χ1v) is 5.27. The number of hydrogen-bond donors (Lipinski definition) is 0. The number of pyridine rings is 2. The Balaban J connectivity index is 1.99. The molecule has 0 bridgehead atoms. The van der Waals surface area contributed by atoms with Gasteiger partial charge in [0.15, 0.2) is 0 Å². The molecule has 0 fully saturated rings. The zero-order chi connectivity index (χ0) is 11.4. The van der Waals surface area contributed by atoms with Gasteiger partial charge in [-0.2, -0.15) is 0 Å². The predicted octanol–water partition coefficient (Wildman–Crippen LogP) is 3.02. The molecule has 0 saturated carbocycles. The molecule has 4 heteroatoms. The standard InChI is InChI=1S/C12H11ClN2O/c1-9-4-10(6-14-5-9)8-16-11-2-3-12(13)15-7-11/h2-7H,8H2,1H3. The summed E-state index contributed by atoms with van der Waals surface area (Å²) in [6.07, 6.45) is 5.20. The van der Waals surface area contributed by atoms with E-state index in [0.29, 0.717) is 17.5 Å². The smallest absolute Gasteiger partial charge is 0.138 e. The minimum Gasteiger partial charge on any atom is -0.487 e. The van der Waals surface area contributed by atoms with Crippen molar-refractivity contribution in [2.75, 3.05) is 0 Å². The van der Waals surface area contributed by atoms with Crippen molar-refractivity contribution < 1.29 is 4.74 Å². The van der Waals surface area contributed by atoms with E-state index in [1.165, 1.54) is 0 Å². The van der Waals surface area contributed by atoms with Crippen LogP contribution in [0.4, 0.5) is 0 Å². The van der Waals surface area contributed by atoms with E-state index in [1.54, 1.807) is 24.5 Å². The molecule has 0 spiro atoms. The summed E-state index contributed by atoms with van der Waals surface area (Å²) in [5.41, 5.74) is 2.16. The molecule has 0 saturated heterocycles. The number of aryl methyl sites for hydroxylation is 1. The Hall–Kier alpha value is -1.61. The van der Waals surface area contributed by atoms with E-state index in [9.17, 15) is 0 Å². The molecule has 2 heterocycles. The molecule has 0 aromatic carbocycles. The molecular formula is C12H11ClN2O. The van der Waals surface area contributed by atoms with Gasteiger partial charge in [-0.3, -0.25) is 4.98 Å². The molecule has 2 aromatic rings. The Morgan fingerprint density at radius 2 is 2.12 bits per heavy atom. The normalized spacial score (nSPS) is 10.1. The molecular weight excluding hydrogens is 224 g/mol. The molecule has 0 aliphatic rings. The first kappa shape index (κ1) is 10.9. The number of hydrogen-bond acceptors (Lipinski definition) is 3. The molecule has 0 aliphatic heterocycles. The van der Waals surface area contributed by atoms with Crippen LogP contribution < -0.4 is 4.74 Å². The molecule has 82 valence electrons. The number of ether oxygens (including phenoxy) is 1. The summed E-state index contributed by atoms with van der Waals surface area (Å²) in [5, 5.41) is 0.463. The van der Waals surface area contributed by atoms with Gasteiger partial charge >= 0.3 is 0 Å². The second-order valence-electron chi connectivity index (χ2n) is 3.48. The quantitative estimate of drug-likeness (QED) is 0.766. The second-order valence-corrected chi connectivity index (χ2v) is 3.86. The van der Waals surface area contributed by atoms with Gasteiger partial charge in [0.2, 0.25) is 0 Å². The van der Waals surface area contributed by atoms with E-state index >= 15 is 0 Å². The summed E-state index contributed by atoms with van der Waals surface area (Å²) in [4.78, 5) is 8.03. The largest absolute Gasteiger partial charge is 0.487 e. The van der Waals surface area contributed by atoms with Crippen LogP contribution >= 0.6 is 11.6 Å². The molecule has 0 N–H and O–H groups in total. The Kier molecular flexibility index (Phi) is 3.37. The van der Waals surface area contributed by atoms with E-state index in [4.69, 9.17) is 16.3 Å². The van der Waals surface area contributed by atoms with Gasteiger partial charge in [-0.25, -0.2) is 4.98 Å². The molecule has 2 aromatic heterocycles. The van der Waals surface area contributed by atoms with Crippen LogP contribution in [-0.4, -0.2) is 9.97 Å². The SMILES string of the molecule is Cc1cncc(COc2ccc(Cl)nc2)c1. The lowest BCUT2D eigenvalue weighted by Crippen LogP contribution is -1.96. The molecule has 0 radical (unpaired) electrons. The minimum atomic E-state index is 0.463. The highest BCUT2D eigenvalue weighted by atomic mass is 35.5. The van der Waals surface area contributed by atoms with Crippen molar-refractivity contribution in [2.24, 2.45) is 0 Å². The van der Waals surface area contributed by atoms with Crippen molar-refractivity contribution in [3.63, 3.8) is 0 Å². The van der Waals surface area contributed by atoms with E-state index in [1.807, 2.05) is 19.2 Å². The number of halogens is 1. The molecule has 0 amide bonds. The molecule has 0 atom stereocenters. The Labute approximate surface area is 99.1 Å². The van der Waals surface area contributed by atoms with Crippen LogP contribution in [0.3, 0.4) is 0 Å². The van der Waals surface area contributed by atoms with Crippen molar-refractivity contribution in [1.82, 2.24) is 9.97 Å². The third-order valence-corrected chi connectivity index (χ3v) is 2.26. The van der Waals surface area contributed by atoms with Crippen molar-refractivity contribution in [3.05, 3.63) is 53.1 Å². The van der Waals surface area contributed by atoms with Crippen LogP contribution in [0.2, 0.25) is 5.15 Å². The Morgan fingerprint density at radius 3 is 2.81 bits per heavy atom. The lowest BCUT2D eigenvalue weighted by Gasteiger charge is -2.05. The number of aromatic nitrogens is 2. The van der Waals surface area contributed by atoms with Crippen molar-refractivity contribution >= 4 is 11.6 Å². The molecule has 2 rings (SSSR count). The van der Waals surface area contributed by atoms with Gasteiger partial charge in [0.25, 0.3) is 0 Å². The lowest BCUT2D eigenvalue weighted by atomic mass is 10.2. The van der Waals surface area contributed by atoms with Crippen molar-refractivity contribution in [3.8, 4) is 5.75 Å². The Bertz CT molecular complexity index is 471. The maximum atomic E-state index is 5.67. The zero-order valence-electron chi connectivity index (χ0n) is 8.85. The van der Waals surface area contributed by atoms with Crippen LogP contribution in [0.25, 0.3) is 0 Å². The van der Waals surface area contributed by atoms with Gasteiger partial charge in [0.1, 0.15) is 17.5 Å². The third kappa shape index (κ3) is 2.94. The van der Waals surface area contributed by atoms with Gasteiger partial charge in [0, 0.05) is 18.0 Å². The summed E-state index contributed by atoms with van der Waals surface area (Å²) in [6, 6.07) is 5.53. The van der Waals surface area contributed by atoms with E-state index < -0.39 is 0 Å². The second kappa shape index (κ2) is 4.94. The van der Waals surface area contributed by atoms with Gasteiger partial charge in [-0.1, -0.05) is 11.6 Å². The van der Waals surface area contributed by atoms with Crippen molar-refractivity contribution in [2.45, 2.75) is 13.5 Å². The predicted molar refractivity (Wildman–Crippen MR) is 62.6 cm³/mol.